The number of nitrogens with one attached hydrogen (secondary N) is 1. The molecule has 0 fully saturated rings. The summed E-state index contributed by atoms with van der Waals surface area (Å²) in [5.74, 6) is -5.03. The van der Waals surface area contributed by atoms with Gasteiger partial charge in [0.2, 0.25) is 0 Å². The third kappa shape index (κ3) is 4.53. The molecule has 172 valence electrons. The Morgan fingerprint density at radius 3 is 2.21 bits per heavy atom. The Bertz CT molecular complexity index is 1330. The monoisotopic (exact) mass is 482 g/mol. The fourth-order valence-corrected chi connectivity index (χ4v) is 4.01. The largest absolute Gasteiger partial charge is 0.452 e. The Labute approximate surface area is 196 Å². The standard InChI is InChI=1S/C24H16F2N2O5S/c25-24(26)34-13-7-5-12(6-8-13)28-18(29)11-33-23(32)17-10-9-16-19(20(17)27)22(31)15-4-2-1-3-14(15)21(16)30/h1-10,24H,11,27H2,(H,28,29). The Morgan fingerprint density at radius 1 is 0.912 bits per heavy atom. The fraction of sp³-hybridized carbons (Fsp3) is 0.0833. The average Bonchev–Trinajstić information content (AvgIpc) is 2.82. The molecule has 3 aromatic rings. The van der Waals surface area contributed by atoms with Gasteiger partial charge in [0.05, 0.1) is 16.8 Å². The van der Waals surface area contributed by atoms with Crippen molar-refractivity contribution in [2.75, 3.05) is 17.7 Å². The molecule has 0 saturated heterocycles. The molecular formula is C24H16F2N2O5S. The molecule has 1 aliphatic carbocycles. The SMILES string of the molecule is Nc1c(C(=O)OCC(=O)Nc2ccc(SC(F)F)cc2)ccc2c1C(=O)c1ccccc1C2=O. The molecular weight excluding hydrogens is 466 g/mol. The van der Waals surface area contributed by atoms with Crippen LogP contribution in [0.4, 0.5) is 20.2 Å². The summed E-state index contributed by atoms with van der Waals surface area (Å²) in [6, 6.07) is 14.6. The quantitative estimate of drug-likeness (QED) is 0.241. The minimum absolute atomic E-state index is 0.0793. The number of halogens is 2. The highest BCUT2D eigenvalue weighted by Crippen LogP contribution is 2.33. The number of amides is 1. The van der Waals surface area contributed by atoms with Crippen LogP contribution in [0.15, 0.2) is 65.6 Å². The minimum atomic E-state index is -2.56. The number of carbonyl (C=O) groups is 4. The number of anilines is 2. The van der Waals surface area contributed by atoms with Crippen LogP contribution in [0.5, 0.6) is 0 Å². The number of carbonyl (C=O) groups excluding carboxylic acids is 4. The predicted molar refractivity (Wildman–Crippen MR) is 121 cm³/mol. The number of esters is 1. The molecule has 10 heteroatoms. The fourth-order valence-electron chi connectivity index (χ4n) is 3.52. The number of alkyl halides is 2. The molecule has 3 N–H and O–H groups in total. The van der Waals surface area contributed by atoms with Crippen LogP contribution in [0.2, 0.25) is 0 Å². The molecule has 0 heterocycles. The highest BCUT2D eigenvalue weighted by atomic mass is 32.2. The Morgan fingerprint density at radius 2 is 1.56 bits per heavy atom. The first kappa shape index (κ1) is 23.1. The number of thioether (sulfide) groups is 1. The number of rotatable bonds is 6. The molecule has 1 amide bonds. The van der Waals surface area contributed by atoms with Gasteiger partial charge in [-0.05, 0) is 36.4 Å². The summed E-state index contributed by atoms with van der Waals surface area (Å²) in [5.41, 5.74) is 6.49. The first-order valence-electron chi connectivity index (χ1n) is 9.89. The lowest BCUT2D eigenvalue weighted by Crippen LogP contribution is -2.25. The molecule has 0 spiro atoms. The van der Waals surface area contributed by atoms with E-state index in [1.54, 1.807) is 18.2 Å². The van der Waals surface area contributed by atoms with Crippen molar-refractivity contribution in [2.45, 2.75) is 10.7 Å². The number of nitrogens with two attached hydrogens (primary N) is 1. The number of hydrogen-bond donors (Lipinski definition) is 2. The molecule has 0 radical (unpaired) electrons. The van der Waals surface area contributed by atoms with Crippen LogP contribution in [0.25, 0.3) is 0 Å². The van der Waals surface area contributed by atoms with E-state index < -0.39 is 30.0 Å². The first-order chi connectivity index (χ1) is 16.3. The van der Waals surface area contributed by atoms with E-state index in [9.17, 15) is 28.0 Å². The molecule has 1 aliphatic rings. The van der Waals surface area contributed by atoms with Crippen molar-refractivity contribution >= 4 is 46.6 Å². The normalized spacial score (nSPS) is 12.2. The Hall–Kier alpha value is -4.05. The van der Waals surface area contributed by atoms with Gasteiger partial charge in [0, 0.05) is 27.3 Å². The van der Waals surface area contributed by atoms with Gasteiger partial charge in [-0.15, -0.1) is 0 Å². The van der Waals surface area contributed by atoms with E-state index in [2.05, 4.69) is 5.32 Å². The Balaban J connectivity index is 1.44. The van der Waals surface area contributed by atoms with Crippen molar-refractivity contribution in [3.05, 3.63) is 88.5 Å². The van der Waals surface area contributed by atoms with Gasteiger partial charge in [-0.2, -0.15) is 8.78 Å². The summed E-state index contributed by atoms with van der Waals surface area (Å²) < 4.78 is 29.8. The van der Waals surface area contributed by atoms with Crippen LogP contribution in [-0.2, 0) is 9.53 Å². The topological polar surface area (TPSA) is 116 Å². The van der Waals surface area contributed by atoms with Gasteiger partial charge in [0.25, 0.3) is 11.7 Å². The van der Waals surface area contributed by atoms with Gasteiger partial charge >= 0.3 is 5.97 Å². The lowest BCUT2D eigenvalue weighted by Gasteiger charge is -2.20. The average molecular weight is 482 g/mol. The summed E-state index contributed by atoms with van der Waals surface area (Å²) in [6.07, 6.45) is 0. The third-order valence-corrected chi connectivity index (χ3v) is 5.77. The van der Waals surface area contributed by atoms with E-state index in [-0.39, 0.29) is 39.3 Å². The number of ketones is 2. The minimum Gasteiger partial charge on any atom is -0.452 e. The number of ether oxygens (including phenoxy) is 1. The number of hydrogen-bond acceptors (Lipinski definition) is 7. The van der Waals surface area contributed by atoms with Gasteiger partial charge in [-0.25, -0.2) is 4.79 Å². The van der Waals surface area contributed by atoms with E-state index in [0.29, 0.717) is 22.3 Å². The van der Waals surface area contributed by atoms with Gasteiger partial charge in [-0.1, -0.05) is 36.0 Å². The summed E-state index contributed by atoms with van der Waals surface area (Å²) in [7, 11) is 0. The predicted octanol–water partition coefficient (Wildman–Crippen LogP) is 4.15. The van der Waals surface area contributed by atoms with Crippen molar-refractivity contribution in [1.82, 2.24) is 0 Å². The number of benzene rings is 3. The molecule has 0 aromatic heterocycles. The Kier molecular flexibility index (Phi) is 6.42. The van der Waals surface area contributed by atoms with Crippen LogP contribution >= 0.6 is 11.8 Å². The molecule has 7 nitrogen and oxygen atoms in total. The van der Waals surface area contributed by atoms with Crippen molar-refractivity contribution in [3.8, 4) is 0 Å². The van der Waals surface area contributed by atoms with Crippen molar-refractivity contribution < 1.29 is 32.7 Å². The van der Waals surface area contributed by atoms with Crippen LogP contribution in [0.1, 0.15) is 42.2 Å². The maximum atomic E-state index is 12.9. The van der Waals surface area contributed by atoms with Gasteiger partial charge in [0.15, 0.2) is 18.2 Å². The first-order valence-corrected chi connectivity index (χ1v) is 10.8. The molecule has 0 atom stereocenters. The smallest absolute Gasteiger partial charge is 0.340 e. The molecule has 0 unspecified atom stereocenters. The van der Waals surface area contributed by atoms with Gasteiger partial charge in [0.1, 0.15) is 0 Å². The van der Waals surface area contributed by atoms with Gasteiger partial charge in [-0.3, -0.25) is 14.4 Å². The zero-order valence-electron chi connectivity index (χ0n) is 17.3. The molecule has 0 aliphatic heterocycles. The zero-order chi connectivity index (χ0) is 24.4. The number of nitrogen functional groups attached to an aromatic ring is 1. The molecule has 34 heavy (non-hydrogen) atoms. The molecule has 0 saturated carbocycles. The van der Waals surface area contributed by atoms with Crippen LogP contribution < -0.4 is 11.1 Å². The van der Waals surface area contributed by atoms with E-state index in [4.69, 9.17) is 10.5 Å². The number of fused-ring (bicyclic) bond motifs is 2. The van der Waals surface area contributed by atoms with Crippen molar-refractivity contribution in [1.29, 1.82) is 0 Å². The maximum absolute atomic E-state index is 12.9. The second-order valence-corrected chi connectivity index (χ2v) is 8.24. The van der Waals surface area contributed by atoms with Crippen LogP contribution in [0.3, 0.4) is 0 Å². The summed E-state index contributed by atoms with van der Waals surface area (Å²) in [5, 5.41) is 2.47. The van der Waals surface area contributed by atoms with Crippen molar-refractivity contribution in [2.24, 2.45) is 0 Å². The molecule has 0 bridgehead atoms. The van der Waals surface area contributed by atoms with E-state index in [1.165, 1.54) is 42.5 Å². The van der Waals surface area contributed by atoms with Crippen LogP contribution in [0, 0.1) is 0 Å². The zero-order valence-corrected chi connectivity index (χ0v) is 18.2. The van der Waals surface area contributed by atoms with Crippen LogP contribution in [-0.4, -0.2) is 35.8 Å². The lowest BCUT2D eigenvalue weighted by atomic mass is 9.82. The second-order valence-electron chi connectivity index (χ2n) is 7.18. The van der Waals surface area contributed by atoms with E-state index >= 15 is 0 Å². The van der Waals surface area contributed by atoms with Gasteiger partial charge < -0.3 is 15.8 Å². The third-order valence-electron chi connectivity index (χ3n) is 5.05. The maximum Gasteiger partial charge on any atom is 0.340 e. The summed E-state index contributed by atoms with van der Waals surface area (Å²) in [6.45, 7) is -0.654. The van der Waals surface area contributed by atoms with Crippen molar-refractivity contribution in [3.63, 3.8) is 0 Å². The molecule has 3 aromatic carbocycles. The summed E-state index contributed by atoms with van der Waals surface area (Å²) in [4.78, 5) is 50.6. The second kappa shape index (κ2) is 9.44. The van der Waals surface area contributed by atoms with E-state index in [0.717, 1.165) is 0 Å². The highest BCUT2D eigenvalue weighted by molar-refractivity contribution is 7.99. The van der Waals surface area contributed by atoms with E-state index in [1.807, 2.05) is 0 Å². The lowest BCUT2D eigenvalue weighted by molar-refractivity contribution is -0.119. The highest BCUT2D eigenvalue weighted by Gasteiger charge is 2.33. The molecule has 4 rings (SSSR count). The summed E-state index contributed by atoms with van der Waals surface area (Å²) >= 11 is 0.373.